The second-order valence-corrected chi connectivity index (χ2v) is 5.52. The van der Waals surface area contributed by atoms with Crippen LogP contribution < -0.4 is 5.73 Å². The molecule has 1 aliphatic rings. The second kappa shape index (κ2) is 5.16. The van der Waals surface area contributed by atoms with Gasteiger partial charge in [0.25, 0.3) is 0 Å². The number of benzene rings is 1. The molecule has 1 unspecified atom stereocenters. The van der Waals surface area contributed by atoms with Gasteiger partial charge in [0, 0.05) is 13.1 Å². The zero-order valence-electron chi connectivity index (χ0n) is 10.9. The zero-order chi connectivity index (χ0) is 13.2. The van der Waals surface area contributed by atoms with Crippen LogP contribution in [0.5, 0.6) is 5.75 Å². The van der Waals surface area contributed by atoms with Crippen molar-refractivity contribution in [3.05, 3.63) is 23.8 Å². The fourth-order valence-corrected chi connectivity index (χ4v) is 2.44. The summed E-state index contributed by atoms with van der Waals surface area (Å²) in [6, 6.07) is 5.35. The predicted octanol–water partition coefficient (Wildman–Crippen LogP) is 1.71. The van der Waals surface area contributed by atoms with Crippen LogP contribution in [0.15, 0.2) is 18.2 Å². The highest BCUT2D eigenvalue weighted by Gasteiger charge is 2.24. The Labute approximate surface area is 108 Å². The molecule has 0 aliphatic carbocycles. The molecule has 1 aliphatic heterocycles. The number of nitrogen functional groups attached to an aromatic ring is 1. The van der Waals surface area contributed by atoms with Gasteiger partial charge < -0.3 is 15.9 Å². The monoisotopic (exact) mass is 250 g/mol. The third kappa shape index (κ3) is 3.37. The molecule has 18 heavy (non-hydrogen) atoms. The Balaban J connectivity index is 1.98. The molecule has 0 aromatic heterocycles. The molecule has 1 fully saturated rings. The van der Waals surface area contributed by atoms with Gasteiger partial charge in [-0.15, -0.1) is 0 Å². The lowest BCUT2D eigenvalue weighted by Crippen LogP contribution is -2.28. The summed E-state index contributed by atoms with van der Waals surface area (Å²) >= 11 is 0. The van der Waals surface area contributed by atoms with Crippen LogP contribution in [0, 0.1) is 0 Å². The third-order valence-electron chi connectivity index (χ3n) is 3.65. The Kier molecular flexibility index (Phi) is 3.78. The van der Waals surface area contributed by atoms with Gasteiger partial charge in [-0.2, -0.15) is 0 Å². The molecule has 0 spiro atoms. The molecule has 0 radical (unpaired) electrons. The van der Waals surface area contributed by atoms with Gasteiger partial charge in [-0.1, -0.05) is 6.07 Å². The van der Waals surface area contributed by atoms with Crippen molar-refractivity contribution in [2.75, 3.05) is 18.8 Å². The maximum absolute atomic E-state index is 10.0. The predicted molar refractivity (Wildman–Crippen MR) is 72.3 cm³/mol. The highest BCUT2D eigenvalue weighted by Crippen LogP contribution is 2.24. The third-order valence-corrected chi connectivity index (χ3v) is 3.65. The molecule has 1 aromatic carbocycles. The molecule has 0 bridgehead atoms. The van der Waals surface area contributed by atoms with Gasteiger partial charge in [0.1, 0.15) is 5.75 Å². The molecular weight excluding hydrogens is 228 g/mol. The molecule has 4 N–H and O–H groups in total. The molecule has 0 saturated carbocycles. The molecule has 1 heterocycles. The Morgan fingerprint density at radius 2 is 2.11 bits per heavy atom. The number of anilines is 1. The van der Waals surface area contributed by atoms with Crippen LogP contribution in [0.2, 0.25) is 0 Å². The summed E-state index contributed by atoms with van der Waals surface area (Å²) in [6.45, 7) is 4.63. The lowest BCUT2D eigenvalue weighted by molar-refractivity contribution is 0.0444. The molecule has 1 saturated heterocycles. The van der Waals surface area contributed by atoms with Gasteiger partial charge in [0.05, 0.1) is 11.3 Å². The van der Waals surface area contributed by atoms with Crippen LogP contribution in [-0.4, -0.2) is 33.8 Å². The summed E-state index contributed by atoms with van der Waals surface area (Å²) in [5.41, 5.74) is 6.69. The van der Waals surface area contributed by atoms with Crippen molar-refractivity contribution in [1.82, 2.24) is 4.90 Å². The Hall–Kier alpha value is -1.26. The van der Waals surface area contributed by atoms with E-state index in [0.29, 0.717) is 5.69 Å². The number of aromatic hydroxyl groups is 1. The minimum Gasteiger partial charge on any atom is -0.506 e. The first-order chi connectivity index (χ1) is 8.46. The van der Waals surface area contributed by atoms with Gasteiger partial charge >= 0.3 is 0 Å². The molecule has 1 aromatic rings. The highest BCUT2D eigenvalue weighted by molar-refractivity contribution is 5.53. The van der Waals surface area contributed by atoms with E-state index in [2.05, 4.69) is 4.90 Å². The van der Waals surface area contributed by atoms with Crippen LogP contribution in [0.3, 0.4) is 0 Å². The van der Waals surface area contributed by atoms with E-state index in [1.54, 1.807) is 6.07 Å². The maximum atomic E-state index is 10.0. The van der Waals surface area contributed by atoms with Crippen molar-refractivity contribution in [3.8, 4) is 5.75 Å². The first-order valence-corrected chi connectivity index (χ1v) is 6.48. The first kappa shape index (κ1) is 13.2. The number of hydrogen-bond acceptors (Lipinski definition) is 4. The summed E-state index contributed by atoms with van der Waals surface area (Å²) < 4.78 is 0. The molecule has 0 amide bonds. The van der Waals surface area contributed by atoms with E-state index >= 15 is 0 Å². The average Bonchev–Trinajstić information content (AvgIpc) is 2.46. The Morgan fingerprint density at radius 1 is 1.33 bits per heavy atom. The number of nitrogens with zero attached hydrogens (tertiary/aromatic N) is 1. The van der Waals surface area contributed by atoms with Crippen molar-refractivity contribution in [2.45, 2.75) is 38.3 Å². The molecule has 100 valence electrons. The summed E-state index contributed by atoms with van der Waals surface area (Å²) in [5.74, 6) is 0.137. The number of phenolic OH excluding ortho intramolecular Hbond substituents is 1. The summed E-state index contributed by atoms with van der Waals surface area (Å²) in [6.07, 6.45) is 2.68. The SMILES string of the molecule is CC1(O)CCCN(Cc2ccc(O)c(N)c2)CC1. The quantitative estimate of drug-likeness (QED) is 0.552. The van der Waals surface area contributed by atoms with E-state index in [1.165, 1.54) is 0 Å². The zero-order valence-corrected chi connectivity index (χ0v) is 10.9. The number of nitrogens with two attached hydrogens (primary N) is 1. The summed E-state index contributed by atoms with van der Waals surface area (Å²) in [7, 11) is 0. The minimum atomic E-state index is -0.525. The van der Waals surface area contributed by atoms with Crippen LogP contribution >= 0.6 is 0 Å². The smallest absolute Gasteiger partial charge is 0.138 e. The largest absolute Gasteiger partial charge is 0.506 e. The average molecular weight is 250 g/mol. The number of rotatable bonds is 2. The Morgan fingerprint density at radius 3 is 2.83 bits per heavy atom. The van der Waals surface area contributed by atoms with Crippen molar-refractivity contribution in [3.63, 3.8) is 0 Å². The molecule has 4 heteroatoms. The lowest BCUT2D eigenvalue weighted by Gasteiger charge is -2.22. The standard InChI is InChI=1S/C14H22N2O2/c1-14(18)5-2-7-16(8-6-14)10-11-3-4-13(17)12(15)9-11/h3-4,9,17-18H,2,5-8,10,15H2,1H3. The summed E-state index contributed by atoms with van der Waals surface area (Å²) in [5, 5.41) is 19.4. The number of phenols is 1. The van der Waals surface area contributed by atoms with Crippen molar-refractivity contribution in [1.29, 1.82) is 0 Å². The van der Waals surface area contributed by atoms with Gasteiger partial charge in [-0.25, -0.2) is 0 Å². The Bertz CT molecular complexity index is 418. The fraction of sp³-hybridized carbons (Fsp3) is 0.571. The van der Waals surface area contributed by atoms with E-state index in [1.807, 2.05) is 19.1 Å². The van der Waals surface area contributed by atoms with E-state index in [4.69, 9.17) is 5.73 Å². The van der Waals surface area contributed by atoms with Crippen LogP contribution in [0.25, 0.3) is 0 Å². The molecule has 2 rings (SSSR count). The highest BCUT2D eigenvalue weighted by atomic mass is 16.3. The van der Waals surface area contributed by atoms with Gasteiger partial charge in [-0.3, -0.25) is 4.90 Å². The number of hydrogen-bond donors (Lipinski definition) is 3. The van der Waals surface area contributed by atoms with E-state index in [-0.39, 0.29) is 5.75 Å². The topological polar surface area (TPSA) is 69.7 Å². The lowest BCUT2D eigenvalue weighted by atomic mass is 9.98. The van der Waals surface area contributed by atoms with Gasteiger partial charge in [0.15, 0.2) is 0 Å². The minimum absolute atomic E-state index is 0.137. The van der Waals surface area contributed by atoms with Crippen molar-refractivity contribution < 1.29 is 10.2 Å². The molecule has 4 nitrogen and oxygen atoms in total. The van der Waals surface area contributed by atoms with Gasteiger partial charge in [-0.05, 0) is 50.4 Å². The molecule has 1 atom stereocenters. The normalized spacial score (nSPS) is 25.9. The van der Waals surface area contributed by atoms with E-state index in [9.17, 15) is 10.2 Å². The van der Waals surface area contributed by atoms with Crippen LogP contribution in [0.1, 0.15) is 31.7 Å². The first-order valence-electron chi connectivity index (χ1n) is 6.48. The second-order valence-electron chi connectivity index (χ2n) is 5.52. The molecular formula is C14H22N2O2. The van der Waals surface area contributed by atoms with Crippen LogP contribution in [0.4, 0.5) is 5.69 Å². The van der Waals surface area contributed by atoms with Gasteiger partial charge in [0.2, 0.25) is 0 Å². The number of aliphatic hydroxyl groups is 1. The van der Waals surface area contributed by atoms with Crippen LogP contribution in [-0.2, 0) is 6.54 Å². The van der Waals surface area contributed by atoms with E-state index in [0.717, 1.165) is 44.5 Å². The number of likely N-dealkylation sites (tertiary alicyclic amines) is 1. The van der Waals surface area contributed by atoms with Crippen molar-refractivity contribution in [2.24, 2.45) is 0 Å². The van der Waals surface area contributed by atoms with Crippen molar-refractivity contribution >= 4 is 5.69 Å². The fourth-order valence-electron chi connectivity index (χ4n) is 2.44. The maximum Gasteiger partial charge on any atom is 0.138 e. The summed E-state index contributed by atoms with van der Waals surface area (Å²) in [4.78, 5) is 2.33. The van der Waals surface area contributed by atoms with E-state index < -0.39 is 5.60 Å².